The standard InChI is InChI=1S/C22H18F3N7O3/c1-31-11-16(22(23,24)25)18(29-31)20(34)26-13-3-2-4-14(9-13)35-15-7-8-17-27-21(30-32(17)10-15)28-19(33)12-5-6-12/h2-4,7-12H,5-6H2,1H3,(H,26,34)(H,28,30,33). The molecule has 1 saturated carbocycles. The molecule has 1 aliphatic carbocycles. The summed E-state index contributed by atoms with van der Waals surface area (Å²) >= 11 is 0. The molecule has 1 aromatic carbocycles. The lowest BCUT2D eigenvalue weighted by atomic mass is 10.2. The number of pyridine rings is 1. The van der Waals surface area contributed by atoms with E-state index in [0.29, 0.717) is 17.1 Å². The molecule has 3 aromatic heterocycles. The predicted molar refractivity (Wildman–Crippen MR) is 117 cm³/mol. The summed E-state index contributed by atoms with van der Waals surface area (Å²) in [6, 6.07) is 9.46. The van der Waals surface area contributed by atoms with Gasteiger partial charge >= 0.3 is 6.18 Å². The number of alkyl halides is 3. The molecule has 4 aromatic rings. The Bertz CT molecular complexity index is 1440. The van der Waals surface area contributed by atoms with Crippen LogP contribution in [0.3, 0.4) is 0 Å². The first kappa shape index (κ1) is 22.4. The third-order valence-electron chi connectivity index (χ3n) is 5.16. The van der Waals surface area contributed by atoms with Crippen LogP contribution in [0.1, 0.15) is 28.9 Å². The van der Waals surface area contributed by atoms with Gasteiger partial charge in [-0.15, -0.1) is 5.10 Å². The molecule has 0 aliphatic heterocycles. The molecule has 0 spiro atoms. The molecular weight excluding hydrogens is 467 g/mol. The molecule has 1 fully saturated rings. The second-order valence-corrected chi connectivity index (χ2v) is 8.01. The third kappa shape index (κ3) is 4.93. The van der Waals surface area contributed by atoms with Crippen LogP contribution in [0.15, 0.2) is 48.8 Å². The topological polar surface area (TPSA) is 115 Å². The lowest BCUT2D eigenvalue weighted by Gasteiger charge is -2.10. The number of amides is 2. The van der Waals surface area contributed by atoms with Gasteiger partial charge in [0.15, 0.2) is 11.3 Å². The van der Waals surface area contributed by atoms with Crippen molar-refractivity contribution in [3.05, 3.63) is 60.0 Å². The molecule has 0 saturated heterocycles. The highest BCUT2D eigenvalue weighted by Gasteiger charge is 2.38. The summed E-state index contributed by atoms with van der Waals surface area (Å²) in [4.78, 5) is 28.6. The zero-order valence-electron chi connectivity index (χ0n) is 18.2. The molecule has 0 unspecified atom stereocenters. The maximum atomic E-state index is 13.2. The summed E-state index contributed by atoms with van der Waals surface area (Å²) in [5, 5.41) is 12.9. The van der Waals surface area contributed by atoms with E-state index in [1.165, 1.54) is 23.7 Å². The molecule has 2 amide bonds. The van der Waals surface area contributed by atoms with Crippen molar-refractivity contribution >= 4 is 29.1 Å². The van der Waals surface area contributed by atoms with Gasteiger partial charge in [0.1, 0.15) is 17.1 Å². The molecule has 0 atom stereocenters. The lowest BCUT2D eigenvalue weighted by Crippen LogP contribution is -2.18. The smallest absolute Gasteiger partial charge is 0.420 e. The Morgan fingerprint density at radius 1 is 1.06 bits per heavy atom. The molecule has 3 heterocycles. The van der Waals surface area contributed by atoms with Crippen LogP contribution in [0, 0.1) is 5.92 Å². The second kappa shape index (κ2) is 8.42. The van der Waals surface area contributed by atoms with Crippen LogP contribution < -0.4 is 15.4 Å². The fourth-order valence-corrected chi connectivity index (χ4v) is 3.36. The van der Waals surface area contributed by atoms with Crippen molar-refractivity contribution < 1.29 is 27.5 Å². The van der Waals surface area contributed by atoms with Gasteiger partial charge in [-0.05, 0) is 37.1 Å². The number of hydrogen-bond donors (Lipinski definition) is 2. The number of nitrogens with one attached hydrogen (secondary N) is 2. The van der Waals surface area contributed by atoms with Crippen LogP contribution in [-0.2, 0) is 18.0 Å². The maximum Gasteiger partial charge on any atom is 0.420 e. The number of benzene rings is 1. The quantitative estimate of drug-likeness (QED) is 0.428. The number of rotatable bonds is 6. The number of nitrogens with zero attached hydrogens (tertiary/aromatic N) is 5. The first-order valence-corrected chi connectivity index (χ1v) is 10.5. The molecule has 13 heteroatoms. The van der Waals surface area contributed by atoms with E-state index < -0.39 is 23.3 Å². The number of ether oxygens (including phenoxy) is 1. The predicted octanol–water partition coefficient (Wildman–Crippen LogP) is 3.87. The highest BCUT2D eigenvalue weighted by molar-refractivity contribution is 6.04. The van der Waals surface area contributed by atoms with Gasteiger partial charge in [-0.1, -0.05) is 6.07 Å². The summed E-state index contributed by atoms with van der Waals surface area (Å²) in [5.41, 5.74) is -1.13. The molecule has 10 nitrogen and oxygen atoms in total. The van der Waals surface area contributed by atoms with Crippen molar-refractivity contribution in [3.63, 3.8) is 0 Å². The van der Waals surface area contributed by atoms with E-state index in [1.807, 2.05) is 0 Å². The summed E-state index contributed by atoms with van der Waals surface area (Å²) < 4.78 is 47.8. The number of halogens is 3. The number of fused-ring (bicyclic) bond motifs is 1. The van der Waals surface area contributed by atoms with Crippen molar-refractivity contribution in [1.82, 2.24) is 24.4 Å². The van der Waals surface area contributed by atoms with Crippen LogP contribution in [0.4, 0.5) is 24.8 Å². The van der Waals surface area contributed by atoms with E-state index in [-0.39, 0.29) is 23.5 Å². The summed E-state index contributed by atoms with van der Waals surface area (Å²) in [7, 11) is 1.30. The van der Waals surface area contributed by atoms with Crippen LogP contribution >= 0.6 is 0 Å². The van der Waals surface area contributed by atoms with Crippen LogP contribution in [0.25, 0.3) is 5.65 Å². The zero-order chi connectivity index (χ0) is 24.7. The van der Waals surface area contributed by atoms with Gasteiger partial charge < -0.3 is 10.1 Å². The first-order valence-electron chi connectivity index (χ1n) is 10.5. The largest absolute Gasteiger partial charge is 0.456 e. The van der Waals surface area contributed by atoms with E-state index in [0.717, 1.165) is 23.7 Å². The van der Waals surface area contributed by atoms with E-state index >= 15 is 0 Å². The number of carbonyl (C=O) groups excluding carboxylic acids is 2. The summed E-state index contributed by atoms with van der Waals surface area (Å²) in [5.74, 6) is -0.191. The van der Waals surface area contributed by atoms with Gasteiger partial charge in [0.05, 0.1) is 6.20 Å². The Morgan fingerprint density at radius 2 is 1.86 bits per heavy atom. The molecule has 2 N–H and O–H groups in total. The Morgan fingerprint density at radius 3 is 2.60 bits per heavy atom. The highest BCUT2D eigenvalue weighted by Crippen LogP contribution is 2.32. The van der Waals surface area contributed by atoms with Gasteiger partial charge in [0, 0.05) is 30.9 Å². The van der Waals surface area contributed by atoms with Gasteiger partial charge in [-0.25, -0.2) is 4.52 Å². The Hall–Kier alpha value is -4.42. The average molecular weight is 485 g/mol. The minimum Gasteiger partial charge on any atom is -0.456 e. The molecule has 0 bridgehead atoms. The maximum absolute atomic E-state index is 13.2. The third-order valence-corrected chi connectivity index (χ3v) is 5.16. The van der Waals surface area contributed by atoms with Gasteiger partial charge in [-0.3, -0.25) is 19.6 Å². The van der Waals surface area contributed by atoms with E-state index in [4.69, 9.17) is 4.74 Å². The number of anilines is 2. The van der Waals surface area contributed by atoms with E-state index in [2.05, 4.69) is 25.8 Å². The van der Waals surface area contributed by atoms with Crippen molar-refractivity contribution in [2.24, 2.45) is 13.0 Å². The molecule has 1 aliphatic rings. The average Bonchev–Trinajstić information content (AvgIpc) is 3.45. The van der Waals surface area contributed by atoms with Crippen LogP contribution in [-0.4, -0.2) is 36.2 Å². The number of aromatic nitrogens is 5. The fourth-order valence-electron chi connectivity index (χ4n) is 3.36. The van der Waals surface area contributed by atoms with Gasteiger partial charge in [0.2, 0.25) is 11.9 Å². The lowest BCUT2D eigenvalue weighted by molar-refractivity contribution is -0.138. The highest BCUT2D eigenvalue weighted by atomic mass is 19.4. The number of carbonyl (C=O) groups is 2. The Kier molecular flexibility index (Phi) is 5.38. The second-order valence-electron chi connectivity index (χ2n) is 8.01. The summed E-state index contributed by atoms with van der Waals surface area (Å²) in [6.45, 7) is 0. The van der Waals surface area contributed by atoms with Crippen LogP contribution in [0.5, 0.6) is 11.5 Å². The van der Waals surface area contributed by atoms with Crippen molar-refractivity contribution in [2.45, 2.75) is 19.0 Å². The zero-order valence-corrected chi connectivity index (χ0v) is 18.2. The molecule has 180 valence electrons. The molecule has 0 radical (unpaired) electrons. The fraction of sp³-hybridized carbons (Fsp3) is 0.227. The SMILES string of the molecule is Cn1cc(C(F)(F)F)c(C(=O)Nc2cccc(Oc3ccc4nc(NC(=O)C5CC5)nn4c3)c2)n1. The molecule has 5 rings (SSSR count). The van der Waals surface area contributed by atoms with Crippen molar-refractivity contribution in [3.8, 4) is 11.5 Å². The number of aryl methyl sites for hydroxylation is 1. The molecule has 35 heavy (non-hydrogen) atoms. The Labute approximate surface area is 195 Å². The van der Waals surface area contributed by atoms with Crippen molar-refractivity contribution in [2.75, 3.05) is 10.6 Å². The molecular formula is C22H18F3N7O3. The first-order chi connectivity index (χ1) is 16.7. The van der Waals surface area contributed by atoms with Crippen LogP contribution in [0.2, 0.25) is 0 Å². The minimum absolute atomic E-state index is 0.0194. The minimum atomic E-state index is -4.72. The normalized spacial score (nSPS) is 13.6. The monoisotopic (exact) mass is 485 g/mol. The number of hydrogen-bond acceptors (Lipinski definition) is 6. The van der Waals surface area contributed by atoms with E-state index in [9.17, 15) is 22.8 Å². The van der Waals surface area contributed by atoms with E-state index in [1.54, 1.807) is 30.5 Å². The van der Waals surface area contributed by atoms with Gasteiger partial charge in [-0.2, -0.15) is 23.3 Å². The van der Waals surface area contributed by atoms with Gasteiger partial charge in [0.25, 0.3) is 5.91 Å². The summed E-state index contributed by atoms with van der Waals surface area (Å²) in [6.07, 6.45) is -0.683. The van der Waals surface area contributed by atoms with Crippen molar-refractivity contribution in [1.29, 1.82) is 0 Å². The Balaban J connectivity index is 1.30.